The van der Waals surface area contributed by atoms with Crippen LogP contribution in [0.3, 0.4) is 0 Å². The quantitative estimate of drug-likeness (QED) is 0.663. The first kappa shape index (κ1) is 22.3. The third kappa shape index (κ3) is 4.64. The maximum atomic E-state index is 13.3. The van der Waals surface area contributed by atoms with Gasteiger partial charge in [0.2, 0.25) is 11.8 Å². The van der Waals surface area contributed by atoms with Gasteiger partial charge in [0.25, 0.3) is 0 Å². The van der Waals surface area contributed by atoms with E-state index in [4.69, 9.17) is 9.47 Å². The lowest BCUT2D eigenvalue weighted by Crippen LogP contribution is -2.37. The molecule has 2 aliphatic rings. The van der Waals surface area contributed by atoms with E-state index in [1.165, 1.54) is 19.2 Å². The molecule has 0 aromatic heterocycles. The van der Waals surface area contributed by atoms with Gasteiger partial charge >= 0.3 is 0 Å². The molecule has 2 aromatic carbocycles. The van der Waals surface area contributed by atoms with Crippen molar-refractivity contribution in [3.63, 3.8) is 0 Å². The van der Waals surface area contributed by atoms with Gasteiger partial charge in [0.15, 0.2) is 0 Å². The number of carbonyl (C=O) groups is 1. The number of fused-ring (bicyclic) bond motifs is 1. The first-order valence-electron chi connectivity index (χ1n) is 10.7. The van der Waals surface area contributed by atoms with E-state index in [9.17, 15) is 18.0 Å². The molecule has 1 N–H and O–H groups in total. The van der Waals surface area contributed by atoms with Gasteiger partial charge in [-0.15, -0.1) is 0 Å². The fourth-order valence-corrected chi connectivity index (χ4v) is 4.63. The predicted molar refractivity (Wildman–Crippen MR) is 116 cm³/mol. The van der Waals surface area contributed by atoms with Crippen LogP contribution in [0.25, 0.3) is 0 Å². The molecular formula is C24H27F3N2O3. The number of rotatable bonds is 6. The predicted octanol–water partition coefficient (Wildman–Crippen LogP) is 5.17. The topological polar surface area (TPSA) is 50.8 Å². The molecule has 0 atom stereocenters. The number of alkyl halides is 2. The molecule has 1 saturated carbocycles. The van der Waals surface area contributed by atoms with E-state index < -0.39 is 5.92 Å². The number of anilines is 2. The lowest BCUT2D eigenvalue weighted by molar-refractivity contribution is -0.129. The summed E-state index contributed by atoms with van der Waals surface area (Å²) >= 11 is 0. The van der Waals surface area contributed by atoms with Crippen molar-refractivity contribution >= 4 is 17.3 Å². The van der Waals surface area contributed by atoms with Gasteiger partial charge in [-0.1, -0.05) is 0 Å². The zero-order chi connectivity index (χ0) is 22.9. The van der Waals surface area contributed by atoms with Gasteiger partial charge in [-0.3, -0.25) is 4.79 Å². The molecule has 1 aliphatic carbocycles. The van der Waals surface area contributed by atoms with E-state index >= 15 is 0 Å². The second-order valence-corrected chi connectivity index (χ2v) is 8.51. The monoisotopic (exact) mass is 448 g/mol. The Morgan fingerprint density at radius 3 is 2.53 bits per heavy atom. The van der Waals surface area contributed by atoms with Crippen molar-refractivity contribution in [3.05, 3.63) is 47.3 Å². The van der Waals surface area contributed by atoms with Crippen LogP contribution in [-0.2, 0) is 17.8 Å². The maximum absolute atomic E-state index is 13.3. The second-order valence-electron chi connectivity index (χ2n) is 8.51. The summed E-state index contributed by atoms with van der Waals surface area (Å²) in [7, 11) is 3.05. The average molecular weight is 448 g/mol. The number of halogens is 3. The Bertz CT molecular complexity index is 987. The van der Waals surface area contributed by atoms with Crippen LogP contribution in [0, 0.1) is 11.7 Å². The van der Waals surface area contributed by atoms with E-state index in [0.717, 1.165) is 36.2 Å². The Labute approximate surface area is 185 Å². The molecule has 0 radical (unpaired) electrons. The van der Waals surface area contributed by atoms with Crippen molar-refractivity contribution < 1.29 is 27.4 Å². The summed E-state index contributed by atoms with van der Waals surface area (Å²) in [6.07, 6.45) is 1.11. The van der Waals surface area contributed by atoms with Crippen LogP contribution in [0.2, 0.25) is 0 Å². The van der Waals surface area contributed by atoms with Gasteiger partial charge in [-0.2, -0.15) is 0 Å². The maximum Gasteiger partial charge on any atom is 0.248 e. The number of hydrogen-bond acceptors (Lipinski definition) is 4. The SMILES string of the molecule is COc1cc2c(c(OC)c1NC(=O)CC1CC(F)(F)C1)CCCN(c1ccc(F)cc1)C2. The summed E-state index contributed by atoms with van der Waals surface area (Å²) in [4.78, 5) is 14.7. The van der Waals surface area contributed by atoms with E-state index in [2.05, 4.69) is 10.2 Å². The number of benzene rings is 2. The second kappa shape index (κ2) is 8.92. The molecule has 0 spiro atoms. The summed E-state index contributed by atoms with van der Waals surface area (Å²) < 4.78 is 50.8. The third-order valence-corrected chi connectivity index (χ3v) is 6.19. The zero-order valence-electron chi connectivity index (χ0n) is 18.2. The van der Waals surface area contributed by atoms with Gasteiger partial charge in [0.1, 0.15) is 23.0 Å². The van der Waals surface area contributed by atoms with Gasteiger partial charge in [0, 0.05) is 43.6 Å². The fourth-order valence-electron chi connectivity index (χ4n) is 4.63. The molecule has 8 heteroatoms. The molecule has 1 heterocycles. The number of nitrogens with zero attached hydrogens (tertiary/aromatic N) is 1. The van der Waals surface area contributed by atoms with E-state index in [1.807, 2.05) is 6.07 Å². The molecule has 172 valence electrons. The number of nitrogens with one attached hydrogen (secondary N) is 1. The van der Waals surface area contributed by atoms with Crippen LogP contribution in [0.5, 0.6) is 11.5 Å². The van der Waals surface area contributed by atoms with Crippen LogP contribution >= 0.6 is 0 Å². The molecule has 0 unspecified atom stereocenters. The molecule has 0 bridgehead atoms. The zero-order valence-corrected chi connectivity index (χ0v) is 18.2. The number of hydrogen-bond donors (Lipinski definition) is 1. The Morgan fingerprint density at radius 1 is 1.19 bits per heavy atom. The van der Waals surface area contributed by atoms with Crippen molar-refractivity contribution in [3.8, 4) is 11.5 Å². The highest BCUT2D eigenvalue weighted by Crippen LogP contribution is 2.45. The third-order valence-electron chi connectivity index (χ3n) is 6.19. The Morgan fingerprint density at radius 2 is 1.91 bits per heavy atom. The Hall–Kier alpha value is -2.90. The van der Waals surface area contributed by atoms with Crippen LogP contribution in [-0.4, -0.2) is 32.6 Å². The summed E-state index contributed by atoms with van der Waals surface area (Å²) in [5.41, 5.74) is 3.33. The molecule has 0 saturated heterocycles. The number of carbonyl (C=O) groups excluding carboxylic acids is 1. The van der Waals surface area contributed by atoms with E-state index in [1.54, 1.807) is 19.2 Å². The summed E-state index contributed by atoms with van der Waals surface area (Å²) in [6, 6.07) is 8.28. The van der Waals surface area contributed by atoms with Crippen LogP contribution in [0.4, 0.5) is 24.5 Å². The fraction of sp³-hybridized carbons (Fsp3) is 0.458. The normalized spacial score (nSPS) is 17.7. The van der Waals surface area contributed by atoms with Crippen molar-refractivity contribution in [2.75, 3.05) is 31.0 Å². The highest BCUT2D eigenvalue weighted by atomic mass is 19.3. The molecule has 32 heavy (non-hydrogen) atoms. The average Bonchev–Trinajstić information content (AvgIpc) is 2.94. The molecule has 2 aromatic rings. The van der Waals surface area contributed by atoms with Crippen molar-refractivity contribution in [1.82, 2.24) is 0 Å². The van der Waals surface area contributed by atoms with Crippen LogP contribution < -0.4 is 19.7 Å². The van der Waals surface area contributed by atoms with Gasteiger partial charge in [-0.05, 0) is 54.7 Å². The van der Waals surface area contributed by atoms with Crippen molar-refractivity contribution in [1.29, 1.82) is 0 Å². The first-order valence-corrected chi connectivity index (χ1v) is 10.7. The first-order chi connectivity index (χ1) is 15.3. The molecule has 4 rings (SSSR count). The highest BCUT2D eigenvalue weighted by Gasteiger charge is 2.45. The van der Waals surface area contributed by atoms with Crippen LogP contribution in [0.1, 0.15) is 36.8 Å². The standard InChI is InChI=1S/C24H27F3N2O3/c1-31-20-11-16-14-29(18-7-5-17(25)6-8-18)9-3-4-19(16)23(32-2)22(20)28-21(30)10-15-12-24(26,27)13-15/h5-8,11,15H,3-4,9-10,12-14H2,1-2H3,(H,28,30). The molecule has 1 fully saturated rings. The lowest BCUT2D eigenvalue weighted by atomic mass is 9.79. The Kier molecular flexibility index (Phi) is 6.22. The van der Waals surface area contributed by atoms with Gasteiger partial charge in [-0.25, -0.2) is 13.2 Å². The Balaban J connectivity index is 1.59. The molecule has 1 amide bonds. The molecule has 5 nitrogen and oxygen atoms in total. The summed E-state index contributed by atoms with van der Waals surface area (Å²) in [5, 5.41) is 2.84. The van der Waals surface area contributed by atoms with E-state index in [-0.39, 0.29) is 36.9 Å². The number of methoxy groups -OCH3 is 2. The minimum absolute atomic E-state index is 0.0390. The minimum atomic E-state index is -2.65. The van der Waals surface area contributed by atoms with Crippen molar-refractivity contribution in [2.24, 2.45) is 5.92 Å². The van der Waals surface area contributed by atoms with Crippen molar-refractivity contribution in [2.45, 2.75) is 44.6 Å². The smallest absolute Gasteiger partial charge is 0.248 e. The molecule has 1 aliphatic heterocycles. The number of amides is 1. The van der Waals surface area contributed by atoms with Crippen LogP contribution in [0.15, 0.2) is 30.3 Å². The minimum Gasteiger partial charge on any atom is -0.494 e. The lowest BCUT2D eigenvalue weighted by Gasteiger charge is -2.34. The largest absolute Gasteiger partial charge is 0.494 e. The van der Waals surface area contributed by atoms with Gasteiger partial charge in [0.05, 0.1) is 14.2 Å². The number of ether oxygens (including phenoxy) is 2. The summed E-state index contributed by atoms with van der Waals surface area (Å²) in [5.74, 6) is -2.59. The molecular weight excluding hydrogens is 421 g/mol. The van der Waals surface area contributed by atoms with E-state index in [0.29, 0.717) is 23.7 Å². The highest BCUT2D eigenvalue weighted by molar-refractivity contribution is 5.95. The van der Waals surface area contributed by atoms with Gasteiger partial charge < -0.3 is 19.7 Å². The summed E-state index contributed by atoms with van der Waals surface area (Å²) in [6.45, 7) is 1.36.